The topological polar surface area (TPSA) is 44.1 Å². The Morgan fingerprint density at radius 3 is 2.83 bits per heavy atom. The number of benzene rings is 1. The highest BCUT2D eigenvalue weighted by Crippen LogP contribution is 2.22. The summed E-state index contributed by atoms with van der Waals surface area (Å²) in [6, 6.07) is 6.98. The summed E-state index contributed by atoms with van der Waals surface area (Å²) in [7, 11) is 0. The van der Waals surface area contributed by atoms with E-state index in [1.807, 2.05) is 11.4 Å². The van der Waals surface area contributed by atoms with E-state index in [-0.39, 0.29) is 5.75 Å². The summed E-state index contributed by atoms with van der Waals surface area (Å²) in [5, 5.41) is 19.9. The predicted octanol–water partition coefficient (Wildman–Crippen LogP) is 2.09. The van der Waals surface area contributed by atoms with Crippen molar-refractivity contribution in [2.45, 2.75) is 0 Å². The molecule has 0 spiro atoms. The maximum atomic E-state index is 9.44. The zero-order valence-electron chi connectivity index (χ0n) is 6.24. The minimum absolute atomic E-state index is 0.189. The van der Waals surface area contributed by atoms with Gasteiger partial charge in [-0.3, -0.25) is 0 Å². The number of phenolic OH excluding ortho intramolecular Hbond substituents is 1. The van der Waals surface area contributed by atoms with Gasteiger partial charge in [-0.05, 0) is 23.6 Å². The molecular formula is C9H7NOS. The molecule has 3 heteroatoms. The van der Waals surface area contributed by atoms with Crippen molar-refractivity contribution in [3.63, 3.8) is 0 Å². The number of aromatic hydroxyl groups is 1. The van der Waals surface area contributed by atoms with Gasteiger partial charge in [-0.25, -0.2) is 0 Å². The largest absolute Gasteiger partial charge is 0.507 e. The number of rotatable bonds is 0. The van der Waals surface area contributed by atoms with Crippen LogP contribution in [0.15, 0.2) is 29.6 Å². The molecule has 0 saturated heterocycles. The van der Waals surface area contributed by atoms with Crippen LogP contribution in [0, 0.1) is 5.41 Å². The maximum absolute atomic E-state index is 9.44. The van der Waals surface area contributed by atoms with Gasteiger partial charge < -0.3 is 10.5 Å². The first-order valence-electron chi connectivity index (χ1n) is 3.53. The molecule has 2 nitrogen and oxygen atoms in total. The first-order valence-corrected chi connectivity index (χ1v) is 4.41. The van der Waals surface area contributed by atoms with Crippen molar-refractivity contribution in [1.29, 1.82) is 5.41 Å². The van der Waals surface area contributed by atoms with Gasteiger partial charge in [-0.2, -0.15) is 0 Å². The molecule has 0 radical (unpaired) electrons. The van der Waals surface area contributed by atoms with E-state index in [0.717, 1.165) is 4.70 Å². The van der Waals surface area contributed by atoms with Crippen molar-refractivity contribution >= 4 is 21.4 Å². The van der Waals surface area contributed by atoms with E-state index < -0.39 is 0 Å². The van der Waals surface area contributed by atoms with Gasteiger partial charge in [0.25, 0.3) is 0 Å². The summed E-state index contributed by atoms with van der Waals surface area (Å²) in [5.41, 5.74) is 0. The van der Waals surface area contributed by atoms with E-state index in [4.69, 9.17) is 5.41 Å². The third-order valence-electron chi connectivity index (χ3n) is 1.70. The van der Waals surface area contributed by atoms with E-state index in [1.54, 1.807) is 18.2 Å². The zero-order chi connectivity index (χ0) is 8.55. The van der Waals surface area contributed by atoms with Crippen LogP contribution in [0.5, 0.6) is 5.75 Å². The van der Waals surface area contributed by atoms with E-state index >= 15 is 0 Å². The molecule has 0 saturated carbocycles. The first-order chi connectivity index (χ1) is 5.79. The molecule has 2 rings (SSSR count). The molecule has 12 heavy (non-hydrogen) atoms. The summed E-state index contributed by atoms with van der Waals surface area (Å²) < 4.78 is 0.947. The highest BCUT2D eigenvalue weighted by Gasteiger charge is 1.99. The second kappa shape index (κ2) is 2.60. The number of phenols is 1. The van der Waals surface area contributed by atoms with Crippen LogP contribution in [-0.2, 0) is 0 Å². The summed E-state index contributed by atoms with van der Waals surface area (Å²) in [4.78, 5) is 0. The fourth-order valence-corrected chi connectivity index (χ4v) is 1.99. The van der Waals surface area contributed by atoms with E-state index in [9.17, 15) is 5.11 Å². The van der Waals surface area contributed by atoms with Gasteiger partial charge in [0.1, 0.15) is 5.75 Å². The Hall–Kier alpha value is -1.35. The molecule has 1 heterocycles. The lowest BCUT2D eigenvalue weighted by atomic mass is 10.2. The molecule has 60 valence electrons. The van der Waals surface area contributed by atoms with Gasteiger partial charge in [-0.1, -0.05) is 6.07 Å². The maximum Gasteiger partial charge on any atom is 0.126 e. The molecule has 1 aromatic heterocycles. The number of hydrogen-bond donors (Lipinski definition) is 2. The van der Waals surface area contributed by atoms with Crippen LogP contribution in [0.3, 0.4) is 0 Å². The summed E-state index contributed by atoms with van der Waals surface area (Å²) >= 11 is 1.53. The third-order valence-corrected chi connectivity index (χ3v) is 2.57. The highest BCUT2D eigenvalue weighted by molar-refractivity contribution is 7.16. The smallest absolute Gasteiger partial charge is 0.126 e. The SMILES string of the molecule is N=c1ccsc2cccc(O)c12. The number of hydrogen-bond acceptors (Lipinski definition) is 3. The average molecular weight is 177 g/mol. The van der Waals surface area contributed by atoms with Crippen LogP contribution in [0.25, 0.3) is 10.1 Å². The Balaban J connectivity index is 3.07. The van der Waals surface area contributed by atoms with Gasteiger partial charge in [0.15, 0.2) is 0 Å². The molecule has 0 amide bonds. The Morgan fingerprint density at radius 2 is 2.08 bits per heavy atom. The summed E-state index contributed by atoms with van der Waals surface area (Å²) in [6.07, 6.45) is 0. The van der Waals surface area contributed by atoms with Gasteiger partial charge in [0.05, 0.1) is 10.7 Å². The highest BCUT2D eigenvalue weighted by atomic mass is 32.1. The molecule has 0 aliphatic heterocycles. The van der Waals surface area contributed by atoms with Crippen molar-refractivity contribution in [1.82, 2.24) is 0 Å². The van der Waals surface area contributed by atoms with Gasteiger partial charge in [0.2, 0.25) is 0 Å². The van der Waals surface area contributed by atoms with Crippen molar-refractivity contribution in [3.8, 4) is 5.75 Å². The third kappa shape index (κ3) is 0.987. The number of nitrogens with one attached hydrogen (secondary N) is 1. The van der Waals surface area contributed by atoms with Crippen LogP contribution < -0.4 is 5.36 Å². The van der Waals surface area contributed by atoms with Gasteiger partial charge in [0, 0.05) is 4.70 Å². The zero-order valence-corrected chi connectivity index (χ0v) is 7.06. The van der Waals surface area contributed by atoms with Crippen molar-refractivity contribution in [2.24, 2.45) is 0 Å². The first kappa shape index (κ1) is 7.31. The minimum Gasteiger partial charge on any atom is -0.507 e. The molecule has 0 unspecified atom stereocenters. The molecule has 0 aliphatic rings. The van der Waals surface area contributed by atoms with Crippen LogP contribution >= 0.6 is 11.3 Å². The van der Waals surface area contributed by atoms with Crippen LogP contribution in [0.4, 0.5) is 0 Å². The molecule has 0 fully saturated rings. The van der Waals surface area contributed by atoms with Gasteiger partial charge >= 0.3 is 0 Å². The van der Waals surface area contributed by atoms with Crippen molar-refractivity contribution < 1.29 is 5.11 Å². The van der Waals surface area contributed by atoms with E-state index in [2.05, 4.69) is 0 Å². The van der Waals surface area contributed by atoms with Crippen LogP contribution in [-0.4, -0.2) is 5.11 Å². The molecule has 1 aromatic carbocycles. The summed E-state index contributed by atoms with van der Waals surface area (Å²) in [6.45, 7) is 0. The molecule has 0 atom stereocenters. The summed E-state index contributed by atoms with van der Waals surface area (Å²) in [5.74, 6) is 0.189. The minimum atomic E-state index is 0.189. The second-order valence-electron chi connectivity index (χ2n) is 2.48. The standard InChI is InChI=1S/C9H7NOS/c10-6-4-5-12-8-3-1-2-7(11)9(6)8/h1-5,10-11H. The molecular weight excluding hydrogens is 170 g/mol. The number of fused-ring (bicyclic) bond motifs is 1. The lowest BCUT2D eigenvalue weighted by Crippen LogP contribution is -1.96. The van der Waals surface area contributed by atoms with E-state index in [1.165, 1.54) is 11.3 Å². The van der Waals surface area contributed by atoms with Gasteiger partial charge in [-0.15, -0.1) is 11.3 Å². The Morgan fingerprint density at radius 1 is 1.25 bits per heavy atom. The molecule has 2 aromatic rings. The quantitative estimate of drug-likeness (QED) is 0.635. The lowest BCUT2D eigenvalue weighted by molar-refractivity contribution is 0.481. The fourth-order valence-electron chi connectivity index (χ4n) is 1.15. The normalized spacial score (nSPS) is 10.3. The van der Waals surface area contributed by atoms with E-state index in [0.29, 0.717) is 10.7 Å². The molecule has 0 aliphatic carbocycles. The second-order valence-corrected chi connectivity index (χ2v) is 3.43. The Labute approximate surface area is 73.2 Å². The van der Waals surface area contributed by atoms with Crippen LogP contribution in [0.2, 0.25) is 0 Å². The molecule has 0 bridgehead atoms. The monoisotopic (exact) mass is 177 g/mol. The van der Waals surface area contributed by atoms with Crippen LogP contribution in [0.1, 0.15) is 0 Å². The lowest BCUT2D eigenvalue weighted by Gasteiger charge is -1.97. The van der Waals surface area contributed by atoms with Crippen molar-refractivity contribution in [3.05, 3.63) is 35.0 Å². The Kier molecular flexibility index (Phi) is 1.59. The van der Waals surface area contributed by atoms with Crippen molar-refractivity contribution in [2.75, 3.05) is 0 Å². The Bertz CT molecular complexity index is 470. The average Bonchev–Trinajstić information content (AvgIpc) is 2.04. The molecule has 2 N–H and O–H groups in total. The predicted molar refractivity (Wildman–Crippen MR) is 49.3 cm³/mol. The fraction of sp³-hybridized carbons (Fsp3) is 0.